The fourth-order valence-corrected chi connectivity index (χ4v) is 4.24. The topological polar surface area (TPSA) is 0 Å². The third-order valence-corrected chi connectivity index (χ3v) is 6.18. The lowest BCUT2D eigenvalue weighted by molar-refractivity contribution is 0.627. The Hall–Kier alpha value is 0.1000. The second-order valence-corrected chi connectivity index (χ2v) is 7.05. The molecule has 1 unspecified atom stereocenters. The van der Waals surface area contributed by atoms with E-state index in [0.717, 1.165) is 14.9 Å². The monoisotopic (exact) mass is 396 g/mol. The predicted octanol–water partition coefficient (Wildman–Crippen LogP) is 6.10. The lowest BCUT2D eigenvalue weighted by Crippen LogP contribution is -1.91. The molecule has 90 valence electrons. The van der Waals surface area contributed by atoms with Crippen LogP contribution in [-0.4, -0.2) is 0 Å². The Bertz CT molecular complexity index is 534. The molecule has 0 spiro atoms. The summed E-state index contributed by atoms with van der Waals surface area (Å²) in [5, 5.41) is 0.439. The van der Waals surface area contributed by atoms with E-state index in [-0.39, 0.29) is 10.6 Å². The summed E-state index contributed by atoms with van der Waals surface area (Å²) in [5.41, 5.74) is 0.877. The second-order valence-electron chi connectivity index (χ2n) is 3.58. The van der Waals surface area contributed by atoms with Crippen LogP contribution < -0.4 is 0 Å². The summed E-state index contributed by atoms with van der Waals surface area (Å²) < 4.78 is 14.1. The van der Waals surface area contributed by atoms with Crippen LogP contribution in [0.2, 0.25) is 5.02 Å². The minimum atomic E-state index is -0.318. The Labute approximate surface area is 125 Å². The Kier molecular flexibility index (Phi) is 4.29. The van der Waals surface area contributed by atoms with Gasteiger partial charge in [-0.2, -0.15) is 0 Å². The molecular weight excluding hydrogens is 390 g/mol. The molecule has 0 aliphatic rings. The van der Waals surface area contributed by atoms with Crippen LogP contribution in [0, 0.1) is 12.7 Å². The maximum Gasteiger partial charge on any atom is 0.124 e. The molecule has 0 nitrogen and oxygen atoms in total. The highest BCUT2D eigenvalue weighted by Gasteiger charge is 2.17. The highest BCUT2D eigenvalue weighted by atomic mass is 79.9. The fourth-order valence-electron chi connectivity index (χ4n) is 1.47. The Morgan fingerprint density at radius 1 is 1.35 bits per heavy atom. The zero-order chi connectivity index (χ0) is 12.6. The van der Waals surface area contributed by atoms with E-state index in [9.17, 15) is 4.39 Å². The Morgan fingerprint density at radius 2 is 2.06 bits per heavy atom. The van der Waals surface area contributed by atoms with Crippen molar-refractivity contribution in [1.82, 2.24) is 0 Å². The Balaban J connectivity index is 2.39. The van der Waals surface area contributed by atoms with E-state index in [1.807, 2.05) is 6.92 Å². The number of aryl methyl sites for hydroxylation is 1. The van der Waals surface area contributed by atoms with Gasteiger partial charge < -0.3 is 0 Å². The molecule has 0 aliphatic carbocycles. The first-order chi connectivity index (χ1) is 7.99. The normalized spacial score (nSPS) is 12.8. The summed E-state index contributed by atoms with van der Waals surface area (Å²) in [7, 11) is 0. The molecule has 1 heterocycles. The van der Waals surface area contributed by atoms with Crippen LogP contribution in [0.5, 0.6) is 0 Å². The lowest BCUT2D eigenvalue weighted by Gasteiger charge is -2.10. The molecule has 0 saturated heterocycles. The molecule has 0 amide bonds. The van der Waals surface area contributed by atoms with E-state index in [0.29, 0.717) is 5.02 Å². The van der Waals surface area contributed by atoms with Crippen molar-refractivity contribution in [2.75, 3.05) is 0 Å². The molecule has 17 heavy (non-hydrogen) atoms. The van der Waals surface area contributed by atoms with Crippen molar-refractivity contribution in [2.45, 2.75) is 11.8 Å². The van der Waals surface area contributed by atoms with Gasteiger partial charge in [0.15, 0.2) is 0 Å². The van der Waals surface area contributed by atoms with E-state index >= 15 is 0 Å². The first-order valence-electron chi connectivity index (χ1n) is 4.84. The van der Waals surface area contributed by atoms with Crippen molar-refractivity contribution in [3.63, 3.8) is 0 Å². The van der Waals surface area contributed by atoms with Crippen LogP contribution in [0.4, 0.5) is 4.39 Å². The smallest absolute Gasteiger partial charge is 0.124 e. The minimum Gasteiger partial charge on any atom is -0.207 e. The third-order valence-electron chi connectivity index (χ3n) is 2.36. The van der Waals surface area contributed by atoms with E-state index in [4.69, 9.17) is 11.6 Å². The number of halogens is 4. The van der Waals surface area contributed by atoms with Gasteiger partial charge in [0.25, 0.3) is 0 Å². The standard InChI is InChI=1S/C12H8Br2ClFS/c1-6-9(13)5-11(17-6)12(14)8-3-2-7(16)4-10(8)15/h2-5,12H,1H3. The maximum atomic E-state index is 13.0. The summed E-state index contributed by atoms with van der Waals surface area (Å²) in [6, 6.07) is 6.52. The molecule has 0 saturated carbocycles. The van der Waals surface area contributed by atoms with Crippen LogP contribution in [-0.2, 0) is 0 Å². The highest BCUT2D eigenvalue weighted by molar-refractivity contribution is 9.10. The number of rotatable bonds is 2. The van der Waals surface area contributed by atoms with Crippen LogP contribution in [0.25, 0.3) is 0 Å². The summed E-state index contributed by atoms with van der Waals surface area (Å²) in [5.74, 6) is -0.318. The number of hydrogen-bond acceptors (Lipinski definition) is 1. The molecule has 2 rings (SSSR count). The SMILES string of the molecule is Cc1sc(C(Br)c2ccc(F)cc2Cl)cc1Br. The van der Waals surface area contributed by atoms with Crippen molar-refractivity contribution >= 4 is 54.8 Å². The van der Waals surface area contributed by atoms with Gasteiger partial charge in [0.2, 0.25) is 0 Å². The zero-order valence-corrected chi connectivity index (χ0v) is 13.6. The second kappa shape index (κ2) is 5.39. The quantitative estimate of drug-likeness (QED) is 0.537. The summed E-state index contributed by atoms with van der Waals surface area (Å²) in [6.45, 7) is 2.05. The molecule has 0 bridgehead atoms. The molecule has 0 fully saturated rings. The number of alkyl halides is 1. The average Bonchev–Trinajstić information content (AvgIpc) is 2.58. The largest absolute Gasteiger partial charge is 0.207 e. The molecule has 0 N–H and O–H groups in total. The zero-order valence-electron chi connectivity index (χ0n) is 8.81. The first-order valence-corrected chi connectivity index (χ1v) is 7.74. The molecular formula is C12H8Br2ClFS. The van der Waals surface area contributed by atoms with Gasteiger partial charge in [0.1, 0.15) is 5.82 Å². The first kappa shape index (κ1) is 13.5. The van der Waals surface area contributed by atoms with E-state index in [1.165, 1.54) is 17.0 Å². The van der Waals surface area contributed by atoms with Gasteiger partial charge in [0.05, 0.1) is 4.83 Å². The van der Waals surface area contributed by atoms with Crippen LogP contribution >= 0.6 is 54.8 Å². The molecule has 1 atom stereocenters. The van der Waals surface area contributed by atoms with Gasteiger partial charge in [-0.15, -0.1) is 11.3 Å². The number of benzene rings is 1. The van der Waals surface area contributed by atoms with Crippen molar-refractivity contribution in [3.05, 3.63) is 54.9 Å². The molecule has 1 aromatic heterocycles. The fraction of sp³-hybridized carbons (Fsp3) is 0.167. The van der Waals surface area contributed by atoms with Gasteiger partial charge in [0, 0.05) is 19.2 Å². The summed E-state index contributed by atoms with van der Waals surface area (Å²) in [6.07, 6.45) is 0. The van der Waals surface area contributed by atoms with Gasteiger partial charge in [-0.3, -0.25) is 0 Å². The molecule has 1 aromatic carbocycles. The minimum absolute atomic E-state index is 0.00870. The van der Waals surface area contributed by atoms with Crippen molar-refractivity contribution in [3.8, 4) is 0 Å². The van der Waals surface area contributed by atoms with Gasteiger partial charge >= 0.3 is 0 Å². The van der Waals surface area contributed by atoms with E-state index < -0.39 is 0 Å². The van der Waals surface area contributed by atoms with E-state index in [1.54, 1.807) is 17.4 Å². The van der Waals surface area contributed by atoms with Crippen LogP contribution in [0.15, 0.2) is 28.7 Å². The molecule has 0 radical (unpaired) electrons. The summed E-state index contributed by atoms with van der Waals surface area (Å²) in [4.78, 5) is 2.34. The molecule has 0 aliphatic heterocycles. The average molecular weight is 399 g/mol. The van der Waals surface area contributed by atoms with Crippen molar-refractivity contribution in [1.29, 1.82) is 0 Å². The van der Waals surface area contributed by atoms with Crippen molar-refractivity contribution < 1.29 is 4.39 Å². The molecule has 5 heteroatoms. The molecule has 2 aromatic rings. The Morgan fingerprint density at radius 3 is 2.59 bits per heavy atom. The van der Waals surface area contributed by atoms with Gasteiger partial charge in [-0.1, -0.05) is 33.6 Å². The number of hydrogen-bond donors (Lipinski definition) is 0. The van der Waals surface area contributed by atoms with Gasteiger partial charge in [-0.25, -0.2) is 4.39 Å². The predicted molar refractivity (Wildman–Crippen MR) is 78.9 cm³/mol. The summed E-state index contributed by atoms with van der Waals surface area (Å²) >= 11 is 14.8. The maximum absolute atomic E-state index is 13.0. The van der Waals surface area contributed by atoms with Crippen molar-refractivity contribution in [2.24, 2.45) is 0 Å². The lowest BCUT2D eigenvalue weighted by atomic mass is 10.1. The van der Waals surface area contributed by atoms with Gasteiger partial charge in [-0.05, 0) is 46.6 Å². The number of thiophene rings is 1. The third kappa shape index (κ3) is 2.92. The van der Waals surface area contributed by atoms with Crippen LogP contribution in [0.3, 0.4) is 0 Å². The van der Waals surface area contributed by atoms with Crippen LogP contribution in [0.1, 0.15) is 20.1 Å². The van der Waals surface area contributed by atoms with E-state index in [2.05, 4.69) is 37.9 Å². The highest BCUT2D eigenvalue weighted by Crippen LogP contribution is 2.41.